The van der Waals surface area contributed by atoms with E-state index in [-0.39, 0.29) is 6.10 Å². The predicted molar refractivity (Wildman–Crippen MR) is 125 cm³/mol. The zero-order valence-electron chi connectivity index (χ0n) is 19.3. The first kappa shape index (κ1) is 23.0. The molecular weight excluding hydrogens is 374 g/mol. The summed E-state index contributed by atoms with van der Waals surface area (Å²) < 4.78 is 5.97. The molecule has 6 nitrogen and oxygen atoms in total. The van der Waals surface area contributed by atoms with Crippen molar-refractivity contribution in [2.45, 2.75) is 58.3 Å². The van der Waals surface area contributed by atoms with E-state index in [1.807, 2.05) is 7.05 Å². The number of morpholine rings is 1. The van der Waals surface area contributed by atoms with Crippen LogP contribution in [-0.4, -0.2) is 80.3 Å². The predicted octanol–water partition coefficient (Wildman–Crippen LogP) is 2.56. The Morgan fingerprint density at radius 1 is 1.23 bits per heavy atom. The molecule has 30 heavy (non-hydrogen) atoms. The van der Waals surface area contributed by atoms with Gasteiger partial charge < -0.3 is 15.4 Å². The largest absolute Gasteiger partial charge is 0.374 e. The Kier molecular flexibility index (Phi) is 8.97. The van der Waals surface area contributed by atoms with E-state index >= 15 is 0 Å². The molecule has 3 rings (SSSR count). The average Bonchev–Trinajstić information content (AvgIpc) is 2.73. The van der Waals surface area contributed by atoms with Crippen LogP contribution in [-0.2, 0) is 11.3 Å². The van der Waals surface area contributed by atoms with E-state index in [1.165, 1.54) is 5.56 Å². The molecule has 0 bridgehead atoms. The van der Waals surface area contributed by atoms with Crippen molar-refractivity contribution in [2.75, 3.05) is 46.4 Å². The molecule has 2 aliphatic heterocycles. The fourth-order valence-electron chi connectivity index (χ4n) is 4.59. The Bertz CT molecular complexity index is 650. The number of benzene rings is 1. The van der Waals surface area contributed by atoms with Crippen LogP contribution in [0.2, 0.25) is 0 Å². The second-order valence-electron chi connectivity index (χ2n) is 9.27. The minimum Gasteiger partial charge on any atom is -0.374 e. The number of piperidine rings is 1. The van der Waals surface area contributed by atoms with Crippen LogP contribution in [0.4, 0.5) is 0 Å². The van der Waals surface area contributed by atoms with Crippen molar-refractivity contribution in [3.63, 3.8) is 0 Å². The number of nitrogens with one attached hydrogen (secondary N) is 2. The van der Waals surface area contributed by atoms with Crippen LogP contribution in [0.1, 0.15) is 39.2 Å². The minimum atomic E-state index is 0.225. The summed E-state index contributed by atoms with van der Waals surface area (Å²) in [5.74, 6) is 1.59. The first-order valence-corrected chi connectivity index (χ1v) is 11.6. The standard InChI is InChI=1S/C24H41N5O/c1-19(2)16-28-12-13-30-23(18-28)15-26-24(25-4)27-22-10-11-29(20(3)14-22)17-21-8-6-5-7-9-21/h5-9,19-20,22-23H,10-18H2,1-4H3,(H2,25,26,27). The molecule has 0 aromatic heterocycles. The molecule has 0 amide bonds. The fourth-order valence-corrected chi connectivity index (χ4v) is 4.59. The molecule has 6 heteroatoms. The van der Waals surface area contributed by atoms with Crippen LogP contribution >= 0.6 is 0 Å². The number of hydrogen-bond acceptors (Lipinski definition) is 4. The third-order valence-corrected chi connectivity index (χ3v) is 6.15. The number of guanidine groups is 1. The van der Waals surface area contributed by atoms with Crippen LogP contribution in [0.5, 0.6) is 0 Å². The van der Waals surface area contributed by atoms with E-state index in [4.69, 9.17) is 4.74 Å². The molecule has 1 aromatic rings. The smallest absolute Gasteiger partial charge is 0.191 e. The molecule has 0 saturated carbocycles. The normalized spacial score (nSPS) is 26.7. The van der Waals surface area contributed by atoms with Crippen molar-refractivity contribution in [2.24, 2.45) is 10.9 Å². The highest BCUT2D eigenvalue weighted by molar-refractivity contribution is 5.80. The third kappa shape index (κ3) is 7.25. The van der Waals surface area contributed by atoms with Gasteiger partial charge in [0.25, 0.3) is 0 Å². The zero-order valence-corrected chi connectivity index (χ0v) is 19.3. The Balaban J connectivity index is 1.41. The van der Waals surface area contributed by atoms with E-state index in [2.05, 4.69) is 76.5 Å². The molecule has 0 aliphatic carbocycles. The Hall–Kier alpha value is -1.63. The van der Waals surface area contributed by atoms with Crippen molar-refractivity contribution in [3.8, 4) is 0 Å². The number of aliphatic imine (C=N–C) groups is 1. The van der Waals surface area contributed by atoms with Gasteiger partial charge in [-0.2, -0.15) is 0 Å². The highest BCUT2D eigenvalue weighted by Crippen LogP contribution is 2.20. The van der Waals surface area contributed by atoms with Gasteiger partial charge in [-0.05, 0) is 31.2 Å². The van der Waals surface area contributed by atoms with Gasteiger partial charge in [-0.25, -0.2) is 0 Å². The van der Waals surface area contributed by atoms with Gasteiger partial charge in [0.2, 0.25) is 0 Å². The topological polar surface area (TPSA) is 52.1 Å². The molecule has 168 valence electrons. The van der Waals surface area contributed by atoms with Gasteiger partial charge in [-0.1, -0.05) is 44.2 Å². The summed E-state index contributed by atoms with van der Waals surface area (Å²) in [6.45, 7) is 13.9. The minimum absolute atomic E-state index is 0.225. The van der Waals surface area contributed by atoms with Gasteiger partial charge in [0, 0.05) is 58.4 Å². The quantitative estimate of drug-likeness (QED) is 0.530. The number of ether oxygens (including phenoxy) is 1. The third-order valence-electron chi connectivity index (χ3n) is 6.15. The first-order chi connectivity index (χ1) is 14.5. The molecule has 2 N–H and O–H groups in total. The van der Waals surface area contributed by atoms with Crippen LogP contribution in [0.15, 0.2) is 35.3 Å². The highest BCUT2D eigenvalue weighted by atomic mass is 16.5. The lowest BCUT2D eigenvalue weighted by molar-refractivity contribution is -0.0284. The Morgan fingerprint density at radius 3 is 2.73 bits per heavy atom. The van der Waals surface area contributed by atoms with Gasteiger partial charge in [0.1, 0.15) is 0 Å². The molecule has 0 radical (unpaired) electrons. The molecular formula is C24H41N5O. The van der Waals surface area contributed by atoms with E-state index in [0.29, 0.717) is 18.0 Å². The molecule has 1 aromatic carbocycles. The van der Waals surface area contributed by atoms with Crippen molar-refractivity contribution in [1.29, 1.82) is 0 Å². The first-order valence-electron chi connectivity index (χ1n) is 11.6. The van der Waals surface area contributed by atoms with Crippen LogP contribution in [0.25, 0.3) is 0 Å². The lowest BCUT2D eigenvalue weighted by Crippen LogP contribution is -2.53. The van der Waals surface area contributed by atoms with Crippen LogP contribution < -0.4 is 10.6 Å². The summed E-state index contributed by atoms with van der Waals surface area (Å²) in [6, 6.07) is 11.8. The average molecular weight is 416 g/mol. The number of rotatable bonds is 7. The second kappa shape index (κ2) is 11.7. The van der Waals surface area contributed by atoms with Crippen molar-refractivity contribution >= 4 is 5.96 Å². The zero-order chi connectivity index (χ0) is 21.3. The van der Waals surface area contributed by atoms with Gasteiger partial charge >= 0.3 is 0 Å². The monoisotopic (exact) mass is 415 g/mol. The van der Waals surface area contributed by atoms with Crippen molar-refractivity contribution in [3.05, 3.63) is 35.9 Å². The van der Waals surface area contributed by atoms with E-state index in [9.17, 15) is 0 Å². The Labute approximate surface area is 183 Å². The molecule has 3 atom stereocenters. The number of hydrogen-bond donors (Lipinski definition) is 2. The Morgan fingerprint density at radius 2 is 2.03 bits per heavy atom. The summed E-state index contributed by atoms with van der Waals surface area (Å²) in [5, 5.41) is 7.15. The summed E-state index contributed by atoms with van der Waals surface area (Å²) >= 11 is 0. The number of nitrogens with zero attached hydrogens (tertiary/aromatic N) is 3. The number of likely N-dealkylation sites (tertiary alicyclic amines) is 1. The maximum Gasteiger partial charge on any atom is 0.191 e. The highest BCUT2D eigenvalue weighted by Gasteiger charge is 2.26. The molecule has 2 heterocycles. The fraction of sp³-hybridized carbons (Fsp3) is 0.708. The molecule has 2 saturated heterocycles. The van der Waals surface area contributed by atoms with Crippen LogP contribution in [0.3, 0.4) is 0 Å². The second-order valence-corrected chi connectivity index (χ2v) is 9.27. The van der Waals surface area contributed by atoms with Gasteiger partial charge in [-0.15, -0.1) is 0 Å². The lowest BCUT2D eigenvalue weighted by Gasteiger charge is -2.38. The van der Waals surface area contributed by atoms with Gasteiger partial charge in [-0.3, -0.25) is 14.8 Å². The maximum atomic E-state index is 5.97. The van der Waals surface area contributed by atoms with E-state index in [1.54, 1.807) is 0 Å². The molecule has 2 aliphatic rings. The summed E-state index contributed by atoms with van der Waals surface area (Å²) in [4.78, 5) is 9.56. The SMILES string of the molecule is CN=C(NCC1CN(CC(C)C)CCO1)NC1CCN(Cc2ccccc2)C(C)C1. The molecule has 3 unspecified atom stereocenters. The molecule has 2 fully saturated rings. The van der Waals surface area contributed by atoms with Crippen molar-refractivity contribution in [1.82, 2.24) is 20.4 Å². The molecule has 0 spiro atoms. The van der Waals surface area contributed by atoms with Gasteiger partial charge in [0.05, 0.1) is 12.7 Å². The summed E-state index contributed by atoms with van der Waals surface area (Å²) in [6.07, 6.45) is 2.50. The maximum absolute atomic E-state index is 5.97. The lowest BCUT2D eigenvalue weighted by atomic mass is 9.97. The van der Waals surface area contributed by atoms with E-state index < -0.39 is 0 Å². The van der Waals surface area contributed by atoms with Crippen LogP contribution in [0, 0.1) is 5.92 Å². The summed E-state index contributed by atoms with van der Waals surface area (Å²) in [7, 11) is 1.86. The van der Waals surface area contributed by atoms with Crippen molar-refractivity contribution < 1.29 is 4.74 Å². The van der Waals surface area contributed by atoms with E-state index in [0.717, 1.165) is 64.7 Å². The van der Waals surface area contributed by atoms with Gasteiger partial charge in [0.15, 0.2) is 5.96 Å². The summed E-state index contributed by atoms with van der Waals surface area (Å²) in [5.41, 5.74) is 1.40.